The van der Waals surface area contributed by atoms with E-state index in [1.807, 2.05) is 13.1 Å². The number of nitrogen functional groups attached to an aromatic ring is 1. The van der Waals surface area contributed by atoms with E-state index >= 15 is 0 Å². The number of phenols is 1. The normalized spacial score (nSPS) is 14.0. The minimum absolute atomic E-state index is 0.0324. The van der Waals surface area contributed by atoms with Crippen LogP contribution in [0.25, 0.3) is 16.8 Å². The fourth-order valence-corrected chi connectivity index (χ4v) is 2.43. The van der Waals surface area contributed by atoms with Crippen molar-refractivity contribution >= 4 is 29.2 Å². The molecule has 0 unspecified atom stereocenters. The Labute approximate surface area is 126 Å². The topological polar surface area (TPSA) is 84.4 Å². The highest BCUT2D eigenvalue weighted by molar-refractivity contribution is 6.32. The molecule has 1 aromatic carbocycles. The summed E-state index contributed by atoms with van der Waals surface area (Å²) < 4.78 is 0. The molecule has 0 saturated carbocycles. The molecule has 5 nitrogen and oxygen atoms in total. The number of phenolic OH excluding ortho intramolecular Hbond substituents is 1. The van der Waals surface area contributed by atoms with Crippen molar-refractivity contribution in [1.82, 2.24) is 9.97 Å². The smallest absolute Gasteiger partial charge is 0.142 e. The molecule has 1 aliphatic rings. The monoisotopic (exact) mass is 300 g/mol. The number of rotatable bonds is 2. The molecule has 0 atom stereocenters. The molecule has 0 spiro atoms. The molecule has 0 aliphatic carbocycles. The van der Waals surface area contributed by atoms with Gasteiger partial charge in [0.1, 0.15) is 11.6 Å². The van der Waals surface area contributed by atoms with Gasteiger partial charge in [-0.15, -0.1) is 0 Å². The Hall–Kier alpha value is -2.40. The number of nitrogens with two attached hydrogens (primary N) is 1. The predicted octanol–water partition coefficient (Wildman–Crippen LogP) is 3.29. The van der Waals surface area contributed by atoms with Crippen LogP contribution in [0.3, 0.4) is 0 Å². The van der Waals surface area contributed by atoms with Gasteiger partial charge in [-0.05, 0) is 25.1 Å². The number of hydrogen-bond donors (Lipinski definition) is 2. The van der Waals surface area contributed by atoms with Crippen LogP contribution >= 0.6 is 11.6 Å². The van der Waals surface area contributed by atoms with Gasteiger partial charge in [-0.2, -0.15) is 0 Å². The molecule has 21 heavy (non-hydrogen) atoms. The molecular formula is C15H13ClN4O. The van der Waals surface area contributed by atoms with Crippen LogP contribution in [0.2, 0.25) is 5.02 Å². The van der Waals surface area contributed by atoms with E-state index in [2.05, 4.69) is 15.0 Å². The van der Waals surface area contributed by atoms with Crippen molar-refractivity contribution in [3.63, 3.8) is 0 Å². The SMILES string of the molecule is CC1=C(c2nc(N)cnc2-c2ccc(O)c(Cl)c2)CC=N1. The molecule has 0 amide bonds. The molecule has 3 rings (SSSR count). The zero-order chi connectivity index (χ0) is 15.0. The Bertz CT molecular complexity index is 783. The second-order valence-corrected chi connectivity index (χ2v) is 5.15. The number of nitrogens with zero attached hydrogens (tertiary/aromatic N) is 3. The van der Waals surface area contributed by atoms with Crippen molar-refractivity contribution in [2.24, 2.45) is 4.99 Å². The molecule has 0 fully saturated rings. The molecule has 2 aromatic rings. The summed E-state index contributed by atoms with van der Waals surface area (Å²) in [4.78, 5) is 13.1. The third-order valence-electron chi connectivity index (χ3n) is 3.32. The number of allylic oxidation sites excluding steroid dienone is 2. The summed E-state index contributed by atoms with van der Waals surface area (Å²) in [5.41, 5.74) is 9.81. The predicted molar refractivity (Wildman–Crippen MR) is 84.3 cm³/mol. The quantitative estimate of drug-likeness (QED) is 0.891. The average molecular weight is 301 g/mol. The van der Waals surface area contributed by atoms with E-state index in [1.54, 1.807) is 12.1 Å². The summed E-state index contributed by atoms with van der Waals surface area (Å²) >= 11 is 5.98. The van der Waals surface area contributed by atoms with E-state index in [-0.39, 0.29) is 10.8 Å². The Kier molecular flexibility index (Phi) is 3.35. The number of aromatic nitrogens is 2. The summed E-state index contributed by atoms with van der Waals surface area (Å²) in [6.07, 6.45) is 4.04. The van der Waals surface area contributed by atoms with Crippen LogP contribution in [-0.4, -0.2) is 21.3 Å². The van der Waals surface area contributed by atoms with E-state index < -0.39 is 0 Å². The van der Waals surface area contributed by atoms with Gasteiger partial charge in [0.2, 0.25) is 0 Å². The van der Waals surface area contributed by atoms with Crippen LogP contribution in [0.5, 0.6) is 5.75 Å². The van der Waals surface area contributed by atoms with E-state index in [0.717, 1.165) is 16.8 Å². The molecule has 0 bridgehead atoms. The fourth-order valence-electron chi connectivity index (χ4n) is 2.25. The van der Waals surface area contributed by atoms with Crippen molar-refractivity contribution in [3.8, 4) is 17.0 Å². The first-order valence-corrected chi connectivity index (χ1v) is 6.78. The largest absolute Gasteiger partial charge is 0.506 e. The lowest BCUT2D eigenvalue weighted by molar-refractivity contribution is 0.475. The number of aliphatic imine (C=N–C) groups is 1. The summed E-state index contributed by atoms with van der Waals surface area (Å²) in [5.74, 6) is 0.385. The molecule has 0 saturated heterocycles. The van der Waals surface area contributed by atoms with Gasteiger partial charge < -0.3 is 10.8 Å². The van der Waals surface area contributed by atoms with Gasteiger partial charge in [0, 0.05) is 29.5 Å². The second-order valence-electron chi connectivity index (χ2n) is 4.74. The number of benzene rings is 1. The molecule has 3 N–H and O–H groups in total. The van der Waals surface area contributed by atoms with Crippen molar-refractivity contribution in [2.75, 3.05) is 5.73 Å². The summed E-state index contributed by atoms with van der Waals surface area (Å²) in [6.45, 7) is 1.93. The summed E-state index contributed by atoms with van der Waals surface area (Å²) in [5, 5.41) is 9.81. The van der Waals surface area contributed by atoms with Crippen LogP contribution < -0.4 is 5.73 Å². The lowest BCUT2D eigenvalue weighted by Gasteiger charge is -2.11. The van der Waals surface area contributed by atoms with Gasteiger partial charge in [0.15, 0.2) is 0 Å². The first kappa shape index (κ1) is 13.6. The van der Waals surface area contributed by atoms with Crippen LogP contribution in [0.4, 0.5) is 5.82 Å². The molecular weight excluding hydrogens is 288 g/mol. The lowest BCUT2D eigenvalue weighted by atomic mass is 10.0. The second kappa shape index (κ2) is 5.18. The van der Waals surface area contributed by atoms with Crippen molar-refractivity contribution in [3.05, 3.63) is 40.8 Å². The van der Waals surface area contributed by atoms with Crippen LogP contribution in [0, 0.1) is 0 Å². The van der Waals surface area contributed by atoms with Gasteiger partial charge in [-0.25, -0.2) is 4.98 Å². The zero-order valence-corrected chi connectivity index (χ0v) is 12.1. The van der Waals surface area contributed by atoms with Gasteiger partial charge in [-0.1, -0.05) is 11.6 Å². The van der Waals surface area contributed by atoms with E-state index in [1.165, 1.54) is 12.3 Å². The van der Waals surface area contributed by atoms with Crippen LogP contribution in [0.1, 0.15) is 19.0 Å². The fraction of sp³-hybridized carbons (Fsp3) is 0.133. The molecule has 0 radical (unpaired) electrons. The summed E-state index contributed by atoms with van der Waals surface area (Å²) in [7, 11) is 0. The van der Waals surface area contributed by atoms with Gasteiger partial charge >= 0.3 is 0 Å². The van der Waals surface area contributed by atoms with Gasteiger partial charge in [-0.3, -0.25) is 9.98 Å². The number of aromatic hydroxyl groups is 1. The minimum atomic E-state index is 0.0324. The Morgan fingerprint density at radius 2 is 2.10 bits per heavy atom. The molecule has 1 aromatic heterocycles. The number of anilines is 1. The molecule has 2 heterocycles. The zero-order valence-electron chi connectivity index (χ0n) is 11.3. The van der Waals surface area contributed by atoms with Crippen molar-refractivity contribution in [1.29, 1.82) is 0 Å². The van der Waals surface area contributed by atoms with Crippen LogP contribution in [0.15, 0.2) is 35.1 Å². The van der Waals surface area contributed by atoms with Gasteiger partial charge in [0.05, 0.1) is 22.6 Å². The Morgan fingerprint density at radius 3 is 2.76 bits per heavy atom. The highest BCUT2D eigenvalue weighted by Gasteiger charge is 2.18. The van der Waals surface area contributed by atoms with E-state index in [9.17, 15) is 5.11 Å². The van der Waals surface area contributed by atoms with Gasteiger partial charge in [0.25, 0.3) is 0 Å². The van der Waals surface area contributed by atoms with Crippen molar-refractivity contribution < 1.29 is 5.11 Å². The number of hydrogen-bond acceptors (Lipinski definition) is 5. The lowest BCUT2D eigenvalue weighted by Crippen LogP contribution is -2.01. The molecule has 1 aliphatic heterocycles. The summed E-state index contributed by atoms with van der Waals surface area (Å²) in [6, 6.07) is 4.94. The maximum Gasteiger partial charge on any atom is 0.142 e. The third-order valence-corrected chi connectivity index (χ3v) is 3.62. The first-order valence-electron chi connectivity index (χ1n) is 6.40. The Balaban J connectivity index is 2.19. The number of halogens is 1. The average Bonchev–Trinajstić information content (AvgIpc) is 2.88. The maximum atomic E-state index is 9.54. The maximum absolute atomic E-state index is 9.54. The Morgan fingerprint density at radius 1 is 1.29 bits per heavy atom. The van der Waals surface area contributed by atoms with Crippen LogP contribution in [-0.2, 0) is 0 Å². The molecule has 106 valence electrons. The minimum Gasteiger partial charge on any atom is -0.506 e. The van der Waals surface area contributed by atoms with E-state index in [4.69, 9.17) is 17.3 Å². The first-order chi connectivity index (χ1) is 10.1. The standard InChI is InChI=1S/C15H13ClN4O/c1-8-10(4-5-18-8)15-14(19-7-13(17)20-15)9-2-3-12(21)11(16)6-9/h2-3,5-7,21H,4H2,1H3,(H2,17,20). The van der Waals surface area contributed by atoms with E-state index in [0.29, 0.717) is 23.6 Å². The van der Waals surface area contributed by atoms with Crippen molar-refractivity contribution in [2.45, 2.75) is 13.3 Å². The highest BCUT2D eigenvalue weighted by Crippen LogP contribution is 2.35. The third kappa shape index (κ3) is 2.48. The molecule has 6 heteroatoms. The highest BCUT2D eigenvalue weighted by atomic mass is 35.5.